The van der Waals surface area contributed by atoms with E-state index in [1.807, 2.05) is 13.8 Å². The quantitative estimate of drug-likeness (QED) is 0.834. The molecule has 0 aromatic heterocycles. The highest BCUT2D eigenvalue weighted by Crippen LogP contribution is 2.17. The largest absolute Gasteiger partial charge is 0.348 e. The highest BCUT2D eigenvalue weighted by atomic mass is 19.1. The van der Waals surface area contributed by atoms with Crippen molar-refractivity contribution in [2.75, 3.05) is 6.54 Å². The van der Waals surface area contributed by atoms with Gasteiger partial charge in [-0.25, -0.2) is 8.78 Å². The minimum Gasteiger partial charge on any atom is -0.348 e. The van der Waals surface area contributed by atoms with E-state index in [4.69, 9.17) is 0 Å². The lowest BCUT2D eigenvalue weighted by molar-refractivity contribution is -0.121. The standard InChI is InChI=1S/C14H20F2N2O/c1-4-9(2)17-8-14(19)18-10(3)12-7-11(15)5-6-13(12)16/h5-7,9-10,17H,4,8H2,1-3H3,(H,18,19). The zero-order valence-corrected chi connectivity index (χ0v) is 11.5. The summed E-state index contributed by atoms with van der Waals surface area (Å²) < 4.78 is 26.6. The SMILES string of the molecule is CCC(C)NCC(=O)NC(C)c1cc(F)ccc1F. The lowest BCUT2D eigenvalue weighted by Gasteiger charge is -2.17. The van der Waals surface area contributed by atoms with Gasteiger partial charge in [0.05, 0.1) is 12.6 Å². The van der Waals surface area contributed by atoms with E-state index in [1.54, 1.807) is 6.92 Å². The van der Waals surface area contributed by atoms with Crippen LogP contribution in [-0.2, 0) is 4.79 Å². The van der Waals surface area contributed by atoms with Crippen LogP contribution in [0.4, 0.5) is 8.78 Å². The second kappa shape index (κ2) is 7.19. The van der Waals surface area contributed by atoms with Gasteiger partial charge in [-0.05, 0) is 38.5 Å². The molecule has 3 nitrogen and oxygen atoms in total. The number of hydrogen-bond acceptors (Lipinski definition) is 2. The van der Waals surface area contributed by atoms with Crippen LogP contribution in [0.15, 0.2) is 18.2 Å². The third-order valence-electron chi connectivity index (χ3n) is 3.03. The normalized spacial score (nSPS) is 13.9. The molecule has 19 heavy (non-hydrogen) atoms. The number of hydrogen-bond donors (Lipinski definition) is 2. The fourth-order valence-electron chi connectivity index (χ4n) is 1.63. The van der Waals surface area contributed by atoms with E-state index in [0.717, 1.165) is 24.6 Å². The maximum atomic E-state index is 13.5. The zero-order chi connectivity index (χ0) is 14.4. The first-order chi connectivity index (χ1) is 8.93. The number of benzene rings is 1. The zero-order valence-electron chi connectivity index (χ0n) is 11.5. The van der Waals surface area contributed by atoms with Crippen molar-refractivity contribution in [2.24, 2.45) is 0 Å². The summed E-state index contributed by atoms with van der Waals surface area (Å²) in [5, 5.41) is 5.67. The van der Waals surface area contributed by atoms with Gasteiger partial charge in [0.1, 0.15) is 11.6 Å². The van der Waals surface area contributed by atoms with E-state index < -0.39 is 17.7 Å². The van der Waals surface area contributed by atoms with Gasteiger partial charge in [0.15, 0.2) is 0 Å². The van der Waals surface area contributed by atoms with Crippen LogP contribution in [0.1, 0.15) is 38.8 Å². The van der Waals surface area contributed by atoms with E-state index >= 15 is 0 Å². The molecule has 0 heterocycles. The second-order valence-electron chi connectivity index (χ2n) is 4.65. The summed E-state index contributed by atoms with van der Waals surface area (Å²) in [5.41, 5.74) is 0.150. The molecule has 0 spiro atoms. The molecule has 0 bridgehead atoms. The Bertz CT molecular complexity index is 437. The molecule has 2 unspecified atom stereocenters. The van der Waals surface area contributed by atoms with Gasteiger partial charge in [-0.2, -0.15) is 0 Å². The Morgan fingerprint density at radius 1 is 1.32 bits per heavy atom. The van der Waals surface area contributed by atoms with Crippen LogP contribution in [0.5, 0.6) is 0 Å². The van der Waals surface area contributed by atoms with Gasteiger partial charge in [-0.15, -0.1) is 0 Å². The molecule has 1 aromatic rings. The smallest absolute Gasteiger partial charge is 0.234 e. The van der Waals surface area contributed by atoms with Crippen molar-refractivity contribution >= 4 is 5.91 Å². The van der Waals surface area contributed by atoms with Gasteiger partial charge in [-0.3, -0.25) is 4.79 Å². The number of amides is 1. The Labute approximate surface area is 112 Å². The summed E-state index contributed by atoms with van der Waals surface area (Å²) in [6.45, 7) is 5.78. The van der Waals surface area contributed by atoms with Crippen LogP contribution in [-0.4, -0.2) is 18.5 Å². The summed E-state index contributed by atoms with van der Waals surface area (Å²) in [5.74, 6) is -1.28. The first-order valence-electron chi connectivity index (χ1n) is 6.41. The van der Waals surface area contributed by atoms with Crippen molar-refractivity contribution in [3.63, 3.8) is 0 Å². The Kier molecular flexibility index (Phi) is 5.89. The van der Waals surface area contributed by atoms with Crippen LogP contribution in [0.3, 0.4) is 0 Å². The second-order valence-corrected chi connectivity index (χ2v) is 4.65. The van der Waals surface area contributed by atoms with E-state index in [2.05, 4.69) is 10.6 Å². The molecule has 0 saturated carbocycles. The summed E-state index contributed by atoms with van der Waals surface area (Å²) >= 11 is 0. The van der Waals surface area contributed by atoms with Crippen LogP contribution in [0, 0.1) is 11.6 Å². The molecule has 1 amide bonds. The van der Waals surface area contributed by atoms with E-state index in [0.29, 0.717) is 0 Å². The summed E-state index contributed by atoms with van der Waals surface area (Å²) in [7, 11) is 0. The third-order valence-corrected chi connectivity index (χ3v) is 3.03. The number of carbonyl (C=O) groups is 1. The summed E-state index contributed by atoms with van der Waals surface area (Å²) in [6, 6.07) is 2.89. The Morgan fingerprint density at radius 3 is 2.63 bits per heavy atom. The van der Waals surface area contributed by atoms with E-state index in [9.17, 15) is 13.6 Å². The lowest BCUT2D eigenvalue weighted by atomic mass is 10.1. The van der Waals surface area contributed by atoms with Crippen molar-refractivity contribution < 1.29 is 13.6 Å². The van der Waals surface area contributed by atoms with Gasteiger partial charge in [-0.1, -0.05) is 6.92 Å². The minimum atomic E-state index is -0.568. The molecule has 1 rings (SSSR count). The molecule has 5 heteroatoms. The lowest BCUT2D eigenvalue weighted by Crippen LogP contribution is -2.38. The Hall–Kier alpha value is -1.49. The van der Waals surface area contributed by atoms with E-state index in [1.165, 1.54) is 0 Å². The molecular formula is C14H20F2N2O. The topological polar surface area (TPSA) is 41.1 Å². The fourth-order valence-corrected chi connectivity index (χ4v) is 1.63. The number of nitrogens with one attached hydrogen (secondary N) is 2. The van der Waals surface area contributed by atoms with Gasteiger partial charge in [0.25, 0.3) is 0 Å². The maximum absolute atomic E-state index is 13.5. The van der Waals surface area contributed by atoms with Gasteiger partial charge < -0.3 is 10.6 Å². The molecule has 0 aliphatic heterocycles. The minimum absolute atomic E-state index is 0.150. The highest BCUT2D eigenvalue weighted by Gasteiger charge is 2.14. The van der Waals surface area contributed by atoms with Crippen LogP contribution in [0.25, 0.3) is 0 Å². The average Bonchev–Trinajstić information content (AvgIpc) is 2.38. The Balaban J connectivity index is 2.56. The number of rotatable bonds is 6. The Morgan fingerprint density at radius 2 is 2.00 bits per heavy atom. The average molecular weight is 270 g/mol. The predicted molar refractivity (Wildman–Crippen MR) is 70.7 cm³/mol. The van der Waals surface area contributed by atoms with E-state index in [-0.39, 0.29) is 24.1 Å². The first kappa shape index (κ1) is 15.6. The molecule has 1 aromatic carbocycles. The van der Waals surface area contributed by atoms with Crippen molar-refractivity contribution in [1.29, 1.82) is 0 Å². The van der Waals surface area contributed by atoms with Crippen molar-refractivity contribution in [2.45, 2.75) is 39.3 Å². The third kappa shape index (κ3) is 4.95. The van der Waals surface area contributed by atoms with Gasteiger partial charge in [0.2, 0.25) is 5.91 Å². The molecule has 2 atom stereocenters. The highest BCUT2D eigenvalue weighted by molar-refractivity contribution is 5.78. The molecular weight excluding hydrogens is 250 g/mol. The predicted octanol–water partition coefficient (Wildman–Crippen LogP) is 2.53. The molecule has 0 radical (unpaired) electrons. The van der Waals surface area contributed by atoms with Crippen LogP contribution < -0.4 is 10.6 Å². The molecule has 0 fully saturated rings. The fraction of sp³-hybridized carbons (Fsp3) is 0.500. The molecule has 2 N–H and O–H groups in total. The van der Waals surface area contributed by atoms with Crippen LogP contribution >= 0.6 is 0 Å². The molecule has 0 aliphatic carbocycles. The van der Waals surface area contributed by atoms with Crippen molar-refractivity contribution in [1.82, 2.24) is 10.6 Å². The number of halogens is 2. The molecule has 0 aliphatic rings. The van der Waals surface area contributed by atoms with Crippen LogP contribution in [0.2, 0.25) is 0 Å². The monoisotopic (exact) mass is 270 g/mol. The first-order valence-corrected chi connectivity index (χ1v) is 6.41. The maximum Gasteiger partial charge on any atom is 0.234 e. The molecule has 106 valence electrons. The summed E-state index contributed by atoms with van der Waals surface area (Å²) in [6.07, 6.45) is 0.918. The number of carbonyl (C=O) groups excluding carboxylic acids is 1. The molecule has 0 saturated heterocycles. The van der Waals surface area contributed by atoms with Crippen molar-refractivity contribution in [3.8, 4) is 0 Å². The van der Waals surface area contributed by atoms with Gasteiger partial charge >= 0.3 is 0 Å². The summed E-state index contributed by atoms with van der Waals surface area (Å²) in [4.78, 5) is 11.7. The van der Waals surface area contributed by atoms with Crippen molar-refractivity contribution in [3.05, 3.63) is 35.4 Å². The van der Waals surface area contributed by atoms with Gasteiger partial charge in [0, 0.05) is 11.6 Å².